The molecule has 2 aromatic carbocycles. The Bertz CT molecular complexity index is 1020. The number of rotatable bonds is 10. The van der Waals surface area contributed by atoms with Gasteiger partial charge in [-0.15, -0.1) is 0 Å². The van der Waals surface area contributed by atoms with Crippen molar-refractivity contribution in [2.24, 2.45) is 0 Å². The third-order valence-corrected chi connectivity index (χ3v) is 6.70. The van der Waals surface area contributed by atoms with Crippen LogP contribution in [-0.2, 0) is 9.59 Å². The summed E-state index contributed by atoms with van der Waals surface area (Å²) in [7, 11) is 0. The van der Waals surface area contributed by atoms with Gasteiger partial charge in [-0.1, -0.05) is 86.2 Å². The number of aryl methyl sites for hydroxylation is 1. The van der Waals surface area contributed by atoms with Gasteiger partial charge in [-0.25, -0.2) is 0 Å². The Morgan fingerprint density at radius 1 is 1.00 bits per heavy atom. The van der Waals surface area contributed by atoms with Gasteiger partial charge in [-0.2, -0.15) is 0 Å². The van der Waals surface area contributed by atoms with Crippen LogP contribution in [0.2, 0.25) is 5.02 Å². The van der Waals surface area contributed by atoms with Gasteiger partial charge in [0.05, 0.1) is 0 Å². The summed E-state index contributed by atoms with van der Waals surface area (Å²) in [5.41, 5.74) is 2.27. The van der Waals surface area contributed by atoms with Crippen molar-refractivity contribution >= 4 is 29.2 Å². The Kier molecular flexibility index (Phi) is 10.1. The van der Waals surface area contributed by atoms with Gasteiger partial charge in [0.1, 0.15) is 6.04 Å². The lowest BCUT2D eigenvalue weighted by Gasteiger charge is -2.33. The smallest absolute Gasteiger partial charge is 0.247 e. The van der Waals surface area contributed by atoms with Crippen molar-refractivity contribution in [1.82, 2.24) is 10.2 Å². The molecule has 186 valence electrons. The molecule has 0 radical (unpaired) electrons. The van der Waals surface area contributed by atoms with Crippen molar-refractivity contribution in [2.75, 3.05) is 6.54 Å². The molecule has 0 heterocycles. The monoisotopic (exact) mass is 494 g/mol. The van der Waals surface area contributed by atoms with Gasteiger partial charge in [-0.3, -0.25) is 14.4 Å². The Balaban J connectivity index is 1.87. The summed E-state index contributed by atoms with van der Waals surface area (Å²) in [6.07, 6.45) is 9.48. The number of amides is 2. The van der Waals surface area contributed by atoms with Crippen LogP contribution in [0.5, 0.6) is 0 Å². The number of hydrogen-bond donors (Lipinski definition) is 1. The molecule has 1 unspecified atom stereocenters. The largest absolute Gasteiger partial charge is 0.351 e. The Morgan fingerprint density at radius 2 is 1.66 bits per heavy atom. The predicted octanol–water partition coefficient (Wildman–Crippen LogP) is 6.21. The summed E-state index contributed by atoms with van der Waals surface area (Å²) in [4.78, 5) is 41.2. The van der Waals surface area contributed by atoms with E-state index in [0.29, 0.717) is 22.7 Å². The van der Waals surface area contributed by atoms with Crippen LogP contribution in [0.25, 0.3) is 0 Å². The molecule has 3 rings (SSSR count). The van der Waals surface area contributed by atoms with Gasteiger partial charge >= 0.3 is 0 Å². The predicted molar refractivity (Wildman–Crippen MR) is 140 cm³/mol. The first-order chi connectivity index (χ1) is 16.9. The molecule has 0 bridgehead atoms. The lowest BCUT2D eigenvalue weighted by atomic mass is 9.94. The molecule has 0 aliphatic heterocycles. The zero-order valence-electron chi connectivity index (χ0n) is 20.6. The van der Waals surface area contributed by atoms with Crippen LogP contribution in [0.1, 0.15) is 79.4 Å². The van der Waals surface area contributed by atoms with Crippen molar-refractivity contribution in [2.45, 2.75) is 70.9 Å². The van der Waals surface area contributed by atoms with E-state index in [9.17, 15) is 14.4 Å². The Morgan fingerprint density at radius 3 is 2.29 bits per heavy atom. The zero-order chi connectivity index (χ0) is 25.2. The minimum absolute atomic E-state index is 0.118. The van der Waals surface area contributed by atoms with Crippen molar-refractivity contribution in [3.63, 3.8) is 0 Å². The highest BCUT2D eigenvalue weighted by Crippen LogP contribution is 2.26. The molecule has 1 aliphatic rings. The molecule has 0 spiro atoms. The Labute approximate surface area is 213 Å². The first-order valence-corrected chi connectivity index (χ1v) is 12.9. The van der Waals surface area contributed by atoms with Crippen molar-refractivity contribution < 1.29 is 14.4 Å². The summed E-state index contributed by atoms with van der Waals surface area (Å²) in [5, 5.41) is 3.75. The molecule has 1 saturated carbocycles. The van der Waals surface area contributed by atoms with Crippen molar-refractivity contribution in [3.8, 4) is 0 Å². The quantitative estimate of drug-likeness (QED) is 0.315. The van der Waals surface area contributed by atoms with Crippen LogP contribution in [-0.4, -0.2) is 35.1 Å². The fourth-order valence-electron chi connectivity index (χ4n) is 4.40. The number of unbranched alkanes of at least 4 members (excludes halogenated alkanes) is 1. The fraction of sp³-hybridized carbons (Fsp3) is 0.414. The summed E-state index contributed by atoms with van der Waals surface area (Å²) < 4.78 is 0. The SMILES string of the molecule is CCCCN(C(=O)/C=C/C(=O)c1ccc(C)cc1)C(C(=O)NC1CCCCC1)c1ccc(Cl)cc1. The third kappa shape index (κ3) is 7.79. The second-order valence-electron chi connectivity index (χ2n) is 9.25. The minimum Gasteiger partial charge on any atom is -0.351 e. The highest BCUT2D eigenvalue weighted by atomic mass is 35.5. The van der Waals surface area contributed by atoms with Crippen LogP contribution >= 0.6 is 11.6 Å². The number of benzene rings is 2. The van der Waals surface area contributed by atoms with E-state index in [0.717, 1.165) is 44.1 Å². The van der Waals surface area contributed by atoms with E-state index in [1.807, 2.05) is 26.0 Å². The van der Waals surface area contributed by atoms with Crippen LogP contribution in [0.3, 0.4) is 0 Å². The van der Waals surface area contributed by atoms with E-state index in [1.165, 1.54) is 18.6 Å². The number of halogens is 1. The van der Waals surface area contributed by atoms with E-state index in [2.05, 4.69) is 5.32 Å². The first kappa shape index (κ1) is 26.7. The molecular formula is C29H35ClN2O3. The van der Waals surface area contributed by atoms with Crippen LogP contribution in [0, 0.1) is 6.92 Å². The number of carbonyl (C=O) groups is 3. The molecule has 2 aromatic rings. The molecular weight excluding hydrogens is 460 g/mol. The molecule has 0 aromatic heterocycles. The maximum absolute atomic E-state index is 13.6. The van der Waals surface area contributed by atoms with Gasteiger partial charge in [-0.05, 0) is 50.0 Å². The second-order valence-corrected chi connectivity index (χ2v) is 9.68. The molecule has 1 fully saturated rings. The highest BCUT2D eigenvalue weighted by Gasteiger charge is 2.31. The molecule has 0 saturated heterocycles. The summed E-state index contributed by atoms with van der Waals surface area (Å²) in [6.45, 7) is 4.40. The standard InChI is InChI=1S/C29H35ClN2O3/c1-3-4-20-32(27(34)19-18-26(33)22-12-10-21(2)11-13-22)28(23-14-16-24(30)17-15-23)29(35)31-25-8-6-5-7-9-25/h10-19,25,28H,3-9,20H2,1-2H3,(H,31,35)/b19-18+. The molecule has 1 atom stereocenters. The average Bonchev–Trinajstić information content (AvgIpc) is 2.86. The summed E-state index contributed by atoms with van der Waals surface area (Å²) in [6, 6.07) is 13.6. The maximum Gasteiger partial charge on any atom is 0.247 e. The van der Waals surface area contributed by atoms with Gasteiger partial charge in [0.2, 0.25) is 11.8 Å². The lowest BCUT2D eigenvalue weighted by Crippen LogP contribution is -2.47. The molecule has 1 N–H and O–H groups in total. The van der Waals surface area contributed by atoms with Crippen LogP contribution < -0.4 is 5.32 Å². The summed E-state index contributed by atoms with van der Waals surface area (Å²) in [5.74, 6) is -0.803. The third-order valence-electron chi connectivity index (χ3n) is 6.45. The molecule has 5 nitrogen and oxygen atoms in total. The maximum atomic E-state index is 13.6. The zero-order valence-corrected chi connectivity index (χ0v) is 21.4. The fourth-order valence-corrected chi connectivity index (χ4v) is 4.52. The van der Waals surface area contributed by atoms with Gasteiger partial charge in [0.25, 0.3) is 0 Å². The van der Waals surface area contributed by atoms with Crippen molar-refractivity contribution in [3.05, 3.63) is 82.4 Å². The van der Waals surface area contributed by atoms with E-state index in [1.54, 1.807) is 41.3 Å². The molecule has 2 amide bonds. The van der Waals surface area contributed by atoms with Gasteiger partial charge in [0.15, 0.2) is 5.78 Å². The number of hydrogen-bond acceptors (Lipinski definition) is 3. The number of allylic oxidation sites excluding steroid dienone is 1. The molecule has 6 heteroatoms. The number of nitrogens with zero attached hydrogens (tertiary/aromatic N) is 1. The van der Waals surface area contributed by atoms with E-state index >= 15 is 0 Å². The highest BCUT2D eigenvalue weighted by molar-refractivity contribution is 6.30. The van der Waals surface area contributed by atoms with E-state index in [4.69, 9.17) is 11.6 Å². The Hall–Kier alpha value is -2.92. The lowest BCUT2D eigenvalue weighted by molar-refractivity contribution is -0.138. The first-order valence-electron chi connectivity index (χ1n) is 12.5. The van der Waals surface area contributed by atoms with Crippen LogP contribution in [0.15, 0.2) is 60.7 Å². The van der Waals surface area contributed by atoms with E-state index in [-0.39, 0.29) is 23.6 Å². The van der Waals surface area contributed by atoms with Gasteiger partial charge in [0, 0.05) is 29.2 Å². The second kappa shape index (κ2) is 13.2. The summed E-state index contributed by atoms with van der Waals surface area (Å²) >= 11 is 6.10. The van der Waals surface area contributed by atoms with Crippen molar-refractivity contribution in [1.29, 1.82) is 0 Å². The minimum atomic E-state index is -0.799. The average molecular weight is 495 g/mol. The van der Waals surface area contributed by atoms with Crippen LogP contribution in [0.4, 0.5) is 0 Å². The number of ketones is 1. The normalized spacial score (nSPS) is 15.1. The van der Waals surface area contributed by atoms with Gasteiger partial charge < -0.3 is 10.2 Å². The molecule has 35 heavy (non-hydrogen) atoms. The van der Waals surface area contributed by atoms with E-state index < -0.39 is 6.04 Å². The molecule has 1 aliphatic carbocycles. The number of carbonyl (C=O) groups excluding carboxylic acids is 3. The topological polar surface area (TPSA) is 66.5 Å². The number of nitrogens with one attached hydrogen (secondary N) is 1.